The number of ether oxygens (including phenoxy) is 1. The fourth-order valence-corrected chi connectivity index (χ4v) is 5.59. The Kier molecular flexibility index (Phi) is 12.6. The summed E-state index contributed by atoms with van der Waals surface area (Å²) in [5.74, 6) is 3.96. The van der Waals surface area contributed by atoms with E-state index in [0.29, 0.717) is 11.8 Å². The maximum Gasteiger partial charge on any atom is 0.221 e. The molecular weight excluding hydrogens is 450 g/mol. The van der Waals surface area contributed by atoms with E-state index in [0.717, 1.165) is 42.0 Å². The van der Waals surface area contributed by atoms with Crippen LogP contribution in [0.15, 0.2) is 30.5 Å². The SMILES string of the molecule is CCCCC(C)CCC(C)C[SiH2]Oc1ccc(-c2ccc(OCCCCCCC3CC3)nc2)nn1. The highest BCUT2D eigenvalue weighted by Crippen LogP contribution is 2.34. The van der Waals surface area contributed by atoms with Crippen LogP contribution in [0.3, 0.4) is 0 Å². The molecule has 0 radical (unpaired) electrons. The van der Waals surface area contributed by atoms with Gasteiger partial charge in [-0.1, -0.05) is 91.4 Å². The molecule has 2 aromatic heterocycles. The molecule has 0 bridgehead atoms. The van der Waals surface area contributed by atoms with Gasteiger partial charge in [0.05, 0.1) is 12.3 Å². The van der Waals surface area contributed by atoms with Crippen LogP contribution in [0.25, 0.3) is 11.3 Å². The van der Waals surface area contributed by atoms with Crippen LogP contribution in [0.2, 0.25) is 6.04 Å². The minimum absolute atomic E-state index is 0.624. The van der Waals surface area contributed by atoms with E-state index >= 15 is 0 Å². The zero-order valence-corrected chi connectivity index (χ0v) is 23.8. The summed E-state index contributed by atoms with van der Waals surface area (Å²) in [5, 5.41) is 8.64. The molecule has 2 aromatic rings. The Bertz CT molecular complexity index is 812. The maximum absolute atomic E-state index is 5.98. The number of hydrogen-bond acceptors (Lipinski definition) is 5. The molecule has 0 N–H and O–H groups in total. The van der Waals surface area contributed by atoms with E-state index in [-0.39, 0.29) is 0 Å². The first-order valence-electron chi connectivity index (χ1n) is 14.2. The van der Waals surface area contributed by atoms with Crippen molar-refractivity contribution in [1.82, 2.24) is 15.2 Å². The van der Waals surface area contributed by atoms with Gasteiger partial charge in [-0.15, -0.1) is 10.2 Å². The average molecular weight is 498 g/mol. The van der Waals surface area contributed by atoms with E-state index in [2.05, 4.69) is 36.0 Å². The van der Waals surface area contributed by atoms with Crippen molar-refractivity contribution in [3.05, 3.63) is 30.5 Å². The summed E-state index contributed by atoms with van der Waals surface area (Å²) in [5.41, 5.74) is 1.75. The van der Waals surface area contributed by atoms with Crippen LogP contribution in [-0.2, 0) is 0 Å². The molecule has 0 amide bonds. The first kappa shape index (κ1) is 27.6. The molecular formula is C29H47N3O2Si. The van der Waals surface area contributed by atoms with Gasteiger partial charge in [-0.25, -0.2) is 4.98 Å². The molecule has 194 valence electrons. The highest BCUT2D eigenvalue weighted by molar-refractivity contribution is 6.28. The fraction of sp³-hybridized carbons (Fsp3) is 0.690. The summed E-state index contributed by atoms with van der Waals surface area (Å²) in [6.45, 7) is 7.76. The van der Waals surface area contributed by atoms with Gasteiger partial charge in [0.15, 0.2) is 0 Å². The fourth-order valence-electron chi connectivity index (χ4n) is 4.42. The Labute approximate surface area is 215 Å². The first-order chi connectivity index (χ1) is 17.1. The average Bonchev–Trinajstić information content (AvgIpc) is 3.71. The van der Waals surface area contributed by atoms with Crippen molar-refractivity contribution < 1.29 is 9.16 Å². The molecule has 3 rings (SSSR count). The van der Waals surface area contributed by atoms with Crippen molar-refractivity contribution in [3.8, 4) is 23.0 Å². The van der Waals surface area contributed by atoms with Crippen molar-refractivity contribution in [3.63, 3.8) is 0 Å². The van der Waals surface area contributed by atoms with Crippen molar-refractivity contribution in [1.29, 1.82) is 0 Å². The van der Waals surface area contributed by atoms with E-state index in [9.17, 15) is 0 Å². The highest BCUT2D eigenvalue weighted by Gasteiger charge is 2.19. The van der Waals surface area contributed by atoms with E-state index in [1.807, 2.05) is 30.5 Å². The summed E-state index contributed by atoms with van der Waals surface area (Å²) in [6.07, 6.45) is 17.9. The molecule has 6 heteroatoms. The van der Waals surface area contributed by atoms with Gasteiger partial charge in [-0.05, 0) is 42.4 Å². The molecule has 1 aliphatic rings. The molecule has 35 heavy (non-hydrogen) atoms. The van der Waals surface area contributed by atoms with E-state index in [1.165, 1.54) is 76.7 Å². The molecule has 2 unspecified atom stereocenters. The lowest BCUT2D eigenvalue weighted by Crippen LogP contribution is -2.09. The van der Waals surface area contributed by atoms with Crippen molar-refractivity contribution in [2.24, 2.45) is 17.8 Å². The molecule has 0 saturated heterocycles. The number of unbranched alkanes of at least 4 members (excludes halogenated alkanes) is 4. The summed E-state index contributed by atoms with van der Waals surface area (Å²) in [6, 6.07) is 9.01. The molecule has 1 fully saturated rings. The monoisotopic (exact) mass is 497 g/mol. The smallest absolute Gasteiger partial charge is 0.221 e. The predicted molar refractivity (Wildman–Crippen MR) is 148 cm³/mol. The van der Waals surface area contributed by atoms with Gasteiger partial charge in [-0.2, -0.15) is 0 Å². The van der Waals surface area contributed by atoms with Gasteiger partial charge in [0.1, 0.15) is 0 Å². The second-order valence-corrected chi connectivity index (χ2v) is 12.0. The zero-order chi connectivity index (χ0) is 24.7. The predicted octanol–water partition coefficient (Wildman–Crippen LogP) is 7.40. The quantitative estimate of drug-likeness (QED) is 0.149. The van der Waals surface area contributed by atoms with Crippen LogP contribution in [0.1, 0.15) is 97.8 Å². The lowest BCUT2D eigenvalue weighted by molar-refractivity contribution is 0.293. The third-order valence-electron chi connectivity index (χ3n) is 7.19. The third-order valence-corrected chi connectivity index (χ3v) is 8.91. The molecule has 0 aromatic carbocycles. The summed E-state index contributed by atoms with van der Waals surface area (Å²) >= 11 is 0. The van der Waals surface area contributed by atoms with Gasteiger partial charge >= 0.3 is 0 Å². The van der Waals surface area contributed by atoms with Crippen molar-refractivity contribution in [2.75, 3.05) is 6.61 Å². The number of nitrogens with zero attached hydrogens (tertiary/aromatic N) is 3. The number of rotatable bonds is 19. The Balaban J connectivity index is 1.29. The van der Waals surface area contributed by atoms with Crippen LogP contribution >= 0.6 is 0 Å². The largest absolute Gasteiger partial charge is 0.535 e. The lowest BCUT2D eigenvalue weighted by atomic mass is 9.95. The molecule has 2 atom stereocenters. The van der Waals surface area contributed by atoms with Gasteiger partial charge in [0.2, 0.25) is 21.5 Å². The number of hydrogen-bond donors (Lipinski definition) is 0. The second-order valence-electron chi connectivity index (χ2n) is 10.7. The number of pyridine rings is 1. The Morgan fingerprint density at radius 2 is 1.69 bits per heavy atom. The normalized spacial score (nSPS) is 15.4. The first-order valence-corrected chi connectivity index (χ1v) is 15.8. The summed E-state index contributed by atoms with van der Waals surface area (Å²) < 4.78 is 11.8. The van der Waals surface area contributed by atoms with Crippen LogP contribution < -0.4 is 9.16 Å². The minimum atomic E-state index is -0.624. The van der Waals surface area contributed by atoms with Crippen LogP contribution in [0.4, 0.5) is 0 Å². The molecule has 0 aliphatic heterocycles. The van der Waals surface area contributed by atoms with E-state index in [1.54, 1.807) is 0 Å². The maximum atomic E-state index is 5.98. The Morgan fingerprint density at radius 1 is 0.886 bits per heavy atom. The van der Waals surface area contributed by atoms with Crippen LogP contribution in [0.5, 0.6) is 11.8 Å². The Morgan fingerprint density at radius 3 is 2.40 bits per heavy atom. The molecule has 2 heterocycles. The van der Waals surface area contributed by atoms with Gasteiger partial charge < -0.3 is 9.16 Å². The minimum Gasteiger partial charge on any atom is -0.535 e. The van der Waals surface area contributed by atoms with Gasteiger partial charge in [-0.3, -0.25) is 0 Å². The zero-order valence-electron chi connectivity index (χ0n) is 22.4. The Hall–Kier alpha value is -1.95. The summed E-state index contributed by atoms with van der Waals surface area (Å²) in [7, 11) is -0.624. The van der Waals surface area contributed by atoms with Gasteiger partial charge in [0.25, 0.3) is 0 Å². The second kappa shape index (κ2) is 15.9. The molecule has 5 nitrogen and oxygen atoms in total. The standard InChI is InChI=1S/C29H47N3O2Si/c1-4-5-10-23(2)12-13-24(3)22-35-34-29-19-17-27(31-32-29)26-16-18-28(30-21-26)33-20-9-7-6-8-11-25-14-15-25/h16-19,21,23-25H,4-15,20,22,35H2,1-3H3. The summed E-state index contributed by atoms with van der Waals surface area (Å²) in [4.78, 5) is 4.44. The van der Waals surface area contributed by atoms with Crippen LogP contribution in [-0.4, -0.2) is 31.6 Å². The highest BCUT2D eigenvalue weighted by atomic mass is 28.2. The van der Waals surface area contributed by atoms with Crippen LogP contribution in [0, 0.1) is 17.8 Å². The number of aromatic nitrogens is 3. The van der Waals surface area contributed by atoms with E-state index in [4.69, 9.17) is 9.16 Å². The van der Waals surface area contributed by atoms with Gasteiger partial charge in [0, 0.05) is 23.9 Å². The molecule has 0 spiro atoms. The lowest BCUT2D eigenvalue weighted by Gasteiger charge is -2.15. The topological polar surface area (TPSA) is 57.1 Å². The molecule has 1 aliphatic carbocycles. The van der Waals surface area contributed by atoms with E-state index < -0.39 is 9.76 Å². The third kappa shape index (κ3) is 11.6. The van der Waals surface area contributed by atoms with Crippen molar-refractivity contribution >= 4 is 9.76 Å². The van der Waals surface area contributed by atoms with Crippen molar-refractivity contribution in [2.45, 2.75) is 104 Å². The molecule has 1 saturated carbocycles.